The number of carboxylic acid groups (broad SMARTS) is 1. The van der Waals surface area contributed by atoms with E-state index in [9.17, 15) is 14.7 Å². The zero-order chi connectivity index (χ0) is 16.7. The molecule has 0 radical (unpaired) electrons. The van der Waals surface area contributed by atoms with Crippen molar-refractivity contribution in [3.63, 3.8) is 0 Å². The van der Waals surface area contributed by atoms with Crippen molar-refractivity contribution in [2.45, 2.75) is 46.2 Å². The van der Waals surface area contributed by atoms with E-state index in [1.807, 2.05) is 18.7 Å². The molecule has 0 aliphatic heterocycles. The number of aliphatic carboxylic acids is 1. The summed E-state index contributed by atoms with van der Waals surface area (Å²) in [6.07, 6.45) is 3.23. The van der Waals surface area contributed by atoms with Gasteiger partial charge in [0.15, 0.2) is 0 Å². The molecule has 1 rings (SSSR count). The molecule has 1 aromatic heterocycles. The number of nitrogens with zero attached hydrogens (tertiary/aromatic N) is 2. The molecule has 7 nitrogen and oxygen atoms in total. The summed E-state index contributed by atoms with van der Waals surface area (Å²) >= 11 is 0. The lowest BCUT2D eigenvalue weighted by Gasteiger charge is -2.28. The fraction of sp³-hybridized carbons (Fsp3) is 0.667. The van der Waals surface area contributed by atoms with Crippen LogP contribution < -0.4 is 5.32 Å². The predicted molar refractivity (Wildman–Crippen MR) is 83.4 cm³/mol. The minimum Gasteiger partial charge on any atom is -0.480 e. The van der Waals surface area contributed by atoms with Gasteiger partial charge in [-0.2, -0.15) is 0 Å². The summed E-state index contributed by atoms with van der Waals surface area (Å²) in [7, 11) is 0. The number of carboxylic acids is 1. The molecule has 0 spiro atoms. The smallest absolute Gasteiger partial charge is 0.326 e. The van der Waals surface area contributed by atoms with E-state index in [0.29, 0.717) is 11.6 Å². The Morgan fingerprint density at radius 2 is 2.05 bits per heavy atom. The second-order valence-electron chi connectivity index (χ2n) is 6.16. The third kappa shape index (κ3) is 6.26. The Morgan fingerprint density at radius 3 is 2.50 bits per heavy atom. The molecule has 0 aliphatic carbocycles. The molecule has 1 atom stereocenters. The Morgan fingerprint density at radius 1 is 1.36 bits per heavy atom. The number of rotatable bonds is 9. The van der Waals surface area contributed by atoms with Gasteiger partial charge in [-0.1, -0.05) is 13.8 Å². The van der Waals surface area contributed by atoms with E-state index in [4.69, 9.17) is 0 Å². The fourth-order valence-electron chi connectivity index (χ4n) is 2.17. The molecule has 0 aromatic carbocycles. The second kappa shape index (κ2) is 8.53. The number of aromatic nitrogens is 2. The van der Waals surface area contributed by atoms with Crippen LogP contribution in [0.15, 0.2) is 12.5 Å². The minimum atomic E-state index is -1.05. The predicted octanol–water partition coefficient (Wildman–Crippen LogP) is 0.888. The van der Waals surface area contributed by atoms with Gasteiger partial charge in [-0.05, 0) is 19.8 Å². The number of hydrogen-bond donors (Lipinski definition) is 3. The van der Waals surface area contributed by atoms with Crippen LogP contribution in [-0.2, 0) is 16.0 Å². The van der Waals surface area contributed by atoms with Crippen molar-refractivity contribution in [1.82, 2.24) is 20.2 Å². The van der Waals surface area contributed by atoms with Crippen LogP contribution >= 0.6 is 0 Å². The van der Waals surface area contributed by atoms with E-state index in [2.05, 4.69) is 29.1 Å². The standard InChI is InChI=1S/C15H26N4O3/c1-10(2)7-19(11(3)4)8-14(20)18-13(15(21)22)5-12-6-16-9-17-12/h6,9-11,13H,5,7-8H2,1-4H3,(H,16,17)(H,18,20)(H,21,22). The molecule has 0 aliphatic rings. The van der Waals surface area contributed by atoms with Gasteiger partial charge >= 0.3 is 5.97 Å². The molecule has 7 heteroatoms. The molecule has 0 bridgehead atoms. The van der Waals surface area contributed by atoms with Crippen molar-refractivity contribution in [3.05, 3.63) is 18.2 Å². The Hall–Kier alpha value is -1.89. The summed E-state index contributed by atoms with van der Waals surface area (Å²) in [4.78, 5) is 32.2. The molecule has 1 unspecified atom stereocenters. The zero-order valence-electron chi connectivity index (χ0n) is 13.7. The summed E-state index contributed by atoms with van der Waals surface area (Å²) in [5, 5.41) is 11.8. The molecule has 0 fully saturated rings. The van der Waals surface area contributed by atoms with Crippen LogP contribution in [0.25, 0.3) is 0 Å². The highest BCUT2D eigenvalue weighted by Gasteiger charge is 2.23. The lowest BCUT2D eigenvalue weighted by atomic mass is 10.1. The number of amides is 1. The fourth-order valence-corrected chi connectivity index (χ4v) is 2.17. The van der Waals surface area contributed by atoms with E-state index in [1.54, 1.807) is 6.20 Å². The number of nitrogens with one attached hydrogen (secondary N) is 2. The molecule has 1 heterocycles. The summed E-state index contributed by atoms with van der Waals surface area (Å²) in [6.45, 7) is 9.22. The highest BCUT2D eigenvalue weighted by molar-refractivity contribution is 5.84. The highest BCUT2D eigenvalue weighted by atomic mass is 16.4. The number of H-pyrrole nitrogens is 1. The molecule has 1 aromatic rings. The molecular formula is C15H26N4O3. The van der Waals surface area contributed by atoms with Gasteiger partial charge in [0.2, 0.25) is 5.91 Å². The quantitative estimate of drug-likeness (QED) is 0.629. The van der Waals surface area contributed by atoms with Crippen molar-refractivity contribution in [2.24, 2.45) is 5.92 Å². The van der Waals surface area contributed by atoms with Gasteiger partial charge in [0, 0.05) is 30.9 Å². The molecule has 22 heavy (non-hydrogen) atoms. The van der Waals surface area contributed by atoms with Crippen LogP contribution in [0.5, 0.6) is 0 Å². The number of imidazole rings is 1. The first-order valence-electron chi connectivity index (χ1n) is 7.53. The molecule has 1 amide bonds. The Bertz CT molecular complexity index is 471. The van der Waals surface area contributed by atoms with Gasteiger partial charge in [-0.15, -0.1) is 0 Å². The molecule has 0 saturated heterocycles. The van der Waals surface area contributed by atoms with Gasteiger partial charge in [0.1, 0.15) is 6.04 Å². The number of hydrogen-bond acceptors (Lipinski definition) is 4. The lowest BCUT2D eigenvalue weighted by molar-refractivity contribution is -0.142. The summed E-state index contributed by atoms with van der Waals surface area (Å²) in [5.41, 5.74) is 0.676. The maximum absolute atomic E-state index is 12.1. The van der Waals surface area contributed by atoms with Crippen molar-refractivity contribution in [1.29, 1.82) is 0 Å². The molecular weight excluding hydrogens is 284 g/mol. The number of carbonyl (C=O) groups is 2. The lowest BCUT2D eigenvalue weighted by Crippen LogP contribution is -2.48. The molecule has 124 valence electrons. The van der Waals surface area contributed by atoms with E-state index in [0.717, 1.165) is 6.54 Å². The molecule has 3 N–H and O–H groups in total. The Labute approximate surface area is 131 Å². The largest absolute Gasteiger partial charge is 0.480 e. The average Bonchev–Trinajstić information content (AvgIpc) is 2.89. The molecule has 0 saturated carbocycles. The normalized spacial score (nSPS) is 12.9. The summed E-state index contributed by atoms with van der Waals surface area (Å²) in [5.74, 6) is -0.889. The first-order valence-corrected chi connectivity index (χ1v) is 7.53. The minimum absolute atomic E-state index is 0.187. The summed E-state index contributed by atoms with van der Waals surface area (Å²) in [6, 6.07) is -0.731. The van der Waals surface area contributed by atoms with Crippen LogP contribution in [0.2, 0.25) is 0 Å². The Kier molecular flexibility index (Phi) is 7.04. The van der Waals surface area contributed by atoms with Crippen molar-refractivity contribution >= 4 is 11.9 Å². The van der Waals surface area contributed by atoms with E-state index >= 15 is 0 Å². The zero-order valence-corrected chi connectivity index (χ0v) is 13.7. The van der Waals surface area contributed by atoms with Crippen LogP contribution in [0, 0.1) is 5.92 Å². The topological polar surface area (TPSA) is 98.3 Å². The van der Waals surface area contributed by atoms with Gasteiger partial charge < -0.3 is 15.4 Å². The SMILES string of the molecule is CC(C)CN(CC(=O)NC(Cc1cnc[nH]1)C(=O)O)C(C)C. The number of carbonyl (C=O) groups excluding carboxylic acids is 1. The maximum atomic E-state index is 12.1. The first kappa shape index (κ1) is 18.2. The Balaban J connectivity index is 2.60. The van der Waals surface area contributed by atoms with Gasteiger partial charge in [0.05, 0.1) is 12.9 Å². The third-order valence-electron chi connectivity index (χ3n) is 3.29. The first-order chi connectivity index (χ1) is 10.3. The number of aromatic amines is 1. The van der Waals surface area contributed by atoms with Crippen LogP contribution in [0.1, 0.15) is 33.4 Å². The van der Waals surface area contributed by atoms with Crippen molar-refractivity contribution in [2.75, 3.05) is 13.1 Å². The van der Waals surface area contributed by atoms with Crippen molar-refractivity contribution < 1.29 is 14.7 Å². The van der Waals surface area contributed by atoms with Crippen molar-refractivity contribution in [3.8, 4) is 0 Å². The second-order valence-corrected chi connectivity index (χ2v) is 6.16. The summed E-state index contributed by atoms with van der Waals surface area (Å²) < 4.78 is 0. The third-order valence-corrected chi connectivity index (χ3v) is 3.29. The average molecular weight is 310 g/mol. The van der Waals surface area contributed by atoms with E-state index in [-0.39, 0.29) is 24.9 Å². The maximum Gasteiger partial charge on any atom is 0.326 e. The van der Waals surface area contributed by atoms with Gasteiger partial charge in [-0.3, -0.25) is 9.69 Å². The van der Waals surface area contributed by atoms with Gasteiger partial charge in [-0.25, -0.2) is 9.78 Å². The van der Waals surface area contributed by atoms with Gasteiger partial charge in [0.25, 0.3) is 0 Å². The van der Waals surface area contributed by atoms with E-state index < -0.39 is 12.0 Å². The van der Waals surface area contributed by atoms with Crippen LogP contribution in [-0.4, -0.2) is 57.0 Å². The van der Waals surface area contributed by atoms with Crippen LogP contribution in [0.3, 0.4) is 0 Å². The monoisotopic (exact) mass is 310 g/mol. The highest BCUT2D eigenvalue weighted by Crippen LogP contribution is 2.04. The van der Waals surface area contributed by atoms with Crippen LogP contribution in [0.4, 0.5) is 0 Å². The van der Waals surface area contributed by atoms with E-state index in [1.165, 1.54) is 6.33 Å².